The molecule has 0 aromatic heterocycles. The molecule has 0 amide bonds. The van der Waals surface area contributed by atoms with Crippen LogP contribution in [0.2, 0.25) is 0 Å². The van der Waals surface area contributed by atoms with Crippen molar-refractivity contribution in [2.75, 3.05) is 31.6 Å². The van der Waals surface area contributed by atoms with E-state index in [1.54, 1.807) is 28.6 Å². The highest BCUT2D eigenvalue weighted by molar-refractivity contribution is 7.89. The first-order valence-electron chi connectivity index (χ1n) is 7.34. The van der Waals surface area contributed by atoms with Crippen LogP contribution < -0.4 is 11.3 Å². The van der Waals surface area contributed by atoms with E-state index in [4.69, 9.17) is 5.84 Å². The van der Waals surface area contributed by atoms with E-state index in [0.717, 1.165) is 19.5 Å². The molecule has 1 aliphatic rings. The van der Waals surface area contributed by atoms with E-state index >= 15 is 0 Å². The van der Waals surface area contributed by atoms with Crippen LogP contribution in [0.15, 0.2) is 29.2 Å². The van der Waals surface area contributed by atoms with Gasteiger partial charge in [0, 0.05) is 19.1 Å². The molecule has 21 heavy (non-hydrogen) atoms. The van der Waals surface area contributed by atoms with Crippen molar-refractivity contribution in [1.29, 1.82) is 0 Å². The van der Waals surface area contributed by atoms with E-state index in [9.17, 15) is 8.42 Å². The van der Waals surface area contributed by atoms with E-state index in [-0.39, 0.29) is 4.90 Å². The van der Waals surface area contributed by atoms with Gasteiger partial charge in [-0.3, -0.25) is 10.7 Å². The molecule has 1 saturated heterocycles. The van der Waals surface area contributed by atoms with Crippen LogP contribution in [0.1, 0.15) is 20.3 Å². The molecule has 0 spiro atoms. The Balaban J connectivity index is 2.22. The number of para-hydroxylation sites is 1. The van der Waals surface area contributed by atoms with Crippen molar-refractivity contribution in [3.63, 3.8) is 0 Å². The molecule has 6 nitrogen and oxygen atoms in total. The zero-order valence-corrected chi connectivity index (χ0v) is 13.4. The summed E-state index contributed by atoms with van der Waals surface area (Å²) in [6.07, 6.45) is 0.874. The second kappa shape index (κ2) is 6.74. The molecule has 1 unspecified atom stereocenters. The second-order valence-corrected chi connectivity index (χ2v) is 7.07. The maximum atomic E-state index is 12.8. The minimum atomic E-state index is -3.50. The van der Waals surface area contributed by atoms with Crippen LogP contribution in [0.4, 0.5) is 5.69 Å². The molecule has 3 N–H and O–H groups in total. The number of anilines is 1. The highest BCUT2D eigenvalue weighted by atomic mass is 32.2. The molecular formula is C14H24N4O2S. The molecule has 7 heteroatoms. The molecule has 1 atom stereocenters. The number of nitrogens with zero attached hydrogens (tertiary/aromatic N) is 2. The minimum absolute atomic E-state index is 0.243. The number of likely N-dealkylation sites (N-methyl/N-ethyl adjacent to an activating group) is 1. The summed E-state index contributed by atoms with van der Waals surface area (Å²) >= 11 is 0. The molecule has 0 aliphatic carbocycles. The fourth-order valence-corrected chi connectivity index (χ4v) is 4.56. The summed E-state index contributed by atoms with van der Waals surface area (Å²) in [6.45, 7) is 7.19. The average Bonchev–Trinajstić information content (AvgIpc) is 2.99. The number of rotatable bonds is 6. The van der Waals surface area contributed by atoms with Gasteiger partial charge in [-0.15, -0.1) is 0 Å². The van der Waals surface area contributed by atoms with E-state index in [1.807, 2.05) is 0 Å². The third kappa shape index (κ3) is 3.21. The van der Waals surface area contributed by atoms with Gasteiger partial charge in [0.25, 0.3) is 0 Å². The molecule has 0 radical (unpaired) electrons. The topological polar surface area (TPSA) is 78.7 Å². The number of nitrogen functional groups attached to an aromatic ring is 1. The maximum Gasteiger partial charge on any atom is 0.245 e. The normalized spacial score (nSPS) is 20.1. The van der Waals surface area contributed by atoms with E-state index < -0.39 is 10.0 Å². The maximum absolute atomic E-state index is 12.8. The van der Waals surface area contributed by atoms with Gasteiger partial charge in [-0.25, -0.2) is 8.42 Å². The summed E-state index contributed by atoms with van der Waals surface area (Å²) in [7, 11) is -3.50. The zero-order chi connectivity index (χ0) is 15.5. The third-order valence-electron chi connectivity index (χ3n) is 4.12. The van der Waals surface area contributed by atoms with Crippen LogP contribution in [0.3, 0.4) is 0 Å². The lowest BCUT2D eigenvalue weighted by Crippen LogP contribution is -2.38. The largest absolute Gasteiger partial charge is 0.323 e. The number of nitrogens with one attached hydrogen (secondary N) is 1. The summed E-state index contributed by atoms with van der Waals surface area (Å²) < 4.78 is 27.1. The van der Waals surface area contributed by atoms with Gasteiger partial charge in [0.1, 0.15) is 4.90 Å². The van der Waals surface area contributed by atoms with E-state index in [0.29, 0.717) is 24.8 Å². The molecule has 1 aromatic carbocycles. The standard InChI is InChI=1S/C14H24N4O2S/c1-3-17(4-2)12-9-10-18(11-12)21(19,20)14-8-6-5-7-13(14)16-15/h5-8,12,16H,3-4,9-11,15H2,1-2H3. The third-order valence-corrected chi connectivity index (χ3v) is 6.04. The first-order valence-corrected chi connectivity index (χ1v) is 8.78. The van der Waals surface area contributed by atoms with E-state index in [2.05, 4.69) is 24.2 Å². The first-order chi connectivity index (χ1) is 10.0. The molecule has 1 aliphatic heterocycles. The van der Waals surface area contributed by atoms with Crippen molar-refractivity contribution in [3.8, 4) is 0 Å². The van der Waals surface area contributed by atoms with Gasteiger partial charge >= 0.3 is 0 Å². The molecule has 1 fully saturated rings. The van der Waals surface area contributed by atoms with Crippen molar-refractivity contribution in [2.45, 2.75) is 31.2 Å². The van der Waals surface area contributed by atoms with Crippen molar-refractivity contribution in [2.24, 2.45) is 5.84 Å². The molecular weight excluding hydrogens is 288 g/mol. The Labute approximate surface area is 126 Å². The first kappa shape index (κ1) is 16.2. The Hall–Kier alpha value is -1.15. The molecule has 0 saturated carbocycles. The Bertz CT molecular complexity index is 572. The summed E-state index contributed by atoms with van der Waals surface area (Å²) in [5.74, 6) is 5.42. The van der Waals surface area contributed by atoms with Crippen molar-refractivity contribution in [1.82, 2.24) is 9.21 Å². The number of benzene rings is 1. The lowest BCUT2D eigenvalue weighted by molar-refractivity contribution is 0.224. The predicted octanol–water partition coefficient (Wildman–Crippen LogP) is 1.08. The van der Waals surface area contributed by atoms with Crippen LogP contribution in [0.25, 0.3) is 0 Å². The average molecular weight is 312 g/mol. The van der Waals surface area contributed by atoms with Crippen LogP contribution >= 0.6 is 0 Å². The van der Waals surface area contributed by atoms with Crippen molar-refractivity contribution < 1.29 is 8.42 Å². The number of hydrogen-bond acceptors (Lipinski definition) is 5. The molecule has 2 rings (SSSR count). The van der Waals surface area contributed by atoms with Gasteiger partial charge in [-0.1, -0.05) is 26.0 Å². The summed E-state index contributed by atoms with van der Waals surface area (Å²) in [6, 6.07) is 7.04. The molecule has 1 heterocycles. The predicted molar refractivity (Wildman–Crippen MR) is 84.3 cm³/mol. The fourth-order valence-electron chi connectivity index (χ4n) is 2.92. The highest BCUT2D eigenvalue weighted by Crippen LogP contribution is 2.27. The van der Waals surface area contributed by atoms with Gasteiger partial charge in [-0.2, -0.15) is 4.31 Å². The minimum Gasteiger partial charge on any atom is -0.323 e. The number of hydrazine groups is 1. The van der Waals surface area contributed by atoms with Crippen LogP contribution in [0.5, 0.6) is 0 Å². The lowest BCUT2D eigenvalue weighted by atomic mass is 10.2. The zero-order valence-electron chi connectivity index (χ0n) is 12.6. The van der Waals surface area contributed by atoms with Gasteiger partial charge in [0.05, 0.1) is 5.69 Å². The van der Waals surface area contributed by atoms with Crippen LogP contribution in [-0.2, 0) is 10.0 Å². The SMILES string of the molecule is CCN(CC)C1CCN(S(=O)(=O)c2ccccc2NN)C1. The Morgan fingerprint density at radius 3 is 2.62 bits per heavy atom. The number of sulfonamides is 1. The Morgan fingerprint density at radius 1 is 1.33 bits per heavy atom. The fraction of sp³-hybridized carbons (Fsp3) is 0.571. The number of hydrogen-bond donors (Lipinski definition) is 2. The molecule has 1 aromatic rings. The van der Waals surface area contributed by atoms with Crippen LogP contribution in [0, 0.1) is 0 Å². The molecule has 0 bridgehead atoms. The number of nitrogens with two attached hydrogens (primary N) is 1. The summed E-state index contributed by atoms with van der Waals surface area (Å²) in [4.78, 5) is 2.55. The van der Waals surface area contributed by atoms with Crippen LogP contribution in [-0.4, -0.2) is 49.8 Å². The Morgan fingerprint density at radius 2 is 2.00 bits per heavy atom. The van der Waals surface area contributed by atoms with Gasteiger partial charge in [0.15, 0.2) is 0 Å². The quantitative estimate of drug-likeness (QED) is 0.607. The van der Waals surface area contributed by atoms with Crippen molar-refractivity contribution in [3.05, 3.63) is 24.3 Å². The van der Waals surface area contributed by atoms with Crippen molar-refractivity contribution >= 4 is 15.7 Å². The van der Waals surface area contributed by atoms with Gasteiger partial charge in [-0.05, 0) is 31.6 Å². The smallest absolute Gasteiger partial charge is 0.245 e. The molecule has 118 valence electrons. The van der Waals surface area contributed by atoms with E-state index in [1.165, 1.54) is 0 Å². The Kier molecular flexibility index (Phi) is 5.21. The van der Waals surface area contributed by atoms with Gasteiger partial charge < -0.3 is 5.43 Å². The second-order valence-electron chi connectivity index (χ2n) is 5.17. The highest BCUT2D eigenvalue weighted by Gasteiger charge is 2.35. The monoisotopic (exact) mass is 312 g/mol. The van der Waals surface area contributed by atoms with Gasteiger partial charge in [0.2, 0.25) is 10.0 Å². The lowest BCUT2D eigenvalue weighted by Gasteiger charge is -2.26. The summed E-state index contributed by atoms with van der Waals surface area (Å²) in [5, 5.41) is 0. The summed E-state index contributed by atoms with van der Waals surface area (Å²) in [5.41, 5.74) is 2.90.